The number of halogens is 1. The summed E-state index contributed by atoms with van der Waals surface area (Å²) in [5, 5.41) is 0. The molecule has 1 aromatic rings. The van der Waals surface area contributed by atoms with E-state index in [0.29, 0.717) is 23.6 Å². The first-order valence-electron chi connectivity index (χ1n) is 5.87. The van der Waals surface area contributed by atoms with Crippen molar-refractivity contribution in [2.45, 2.75) is 13.0 Å². The molecule has 0 aliphatic carbocycles. The minimum absolute atomic E-state index is 0. The van der Waals surface area contributed by atoms with Gasteiger partial charge in [0.2, 0.25) is 0 Å². The van der Waals surface area contributed by atoms with Crippen LogP contribution < -0.4 is 26.4 Å². The average molecular weight is 291 g/mol. The van der Waals surface area contributed by atoms with Gasteiger partial charge in [0.25, 0.3) is 0 Å². The Hall–Kier alpha value is -1.18. The highest BCUT2D eigenvalue weighted by atomic mass is 35.5. The Kier molecular flexibility index (Phi) is 5.28. The average Bonchev–Trinajstić information content (AvgIpc) is 2.41. The van der Waals surface area contributed by atoms with Gasteiger partial charge in [-0.1, -0.05) is 0 Å². The number of hydrogen-bond donors (Lipinski definition) is 0. The molecule has 0 spiro atoms. The van der Waals surface area contributed by atoms with Crippen LogP contribution in [0.5, 0.6) is 12.0 Å². The molecule has 7 nitrogen and oxygen atoms in total. The smallest absolute Gasteiger partial charge is 0.338 e. The third-order valence-electron chi connectivity index (χ3n) is 3.44. The maximum Gasteiger partial charge on any atom is 0.338 e. The van der Waals surface area contributed by atoms with Crippen molar-refractivity contribution in [3.8, 4) is 12.0 Å². The molecule has 108 valence electrons. The second-order valence-corrected chi connectivity index (χ2v) is 4.52. The van der Waals surface area contributed by atoms with Gasteiger partial charge in [0.1, 0.15) is 12.6 Å². The van der Waals surface area contributed by atoms with Crippen molar-refractivity contribution < 1.29 is 26.6 Å². The molecular formula is C11H19ClN4O3. The van der Waals surface area contributed by atoms with E-state index in [1.807, 2.05) is 0 Å². The molecule has 0 saturated carbocycles. The van der Waals surface area contributed by atoms with Crippen molar-refractivity contribution in [2.75, 3.05) is 41.0 Å². The van der Waals surface area contributed by atoms with Gasteiger partial charge in [-0.25, -0.2) is 0 Å². The maximum absolute atomic E-state index is 5.46. The predicted molar refractivity (Wildman–Crippen MR) is 65.8 cm³/mol. The Bertz CT molecular complexity index is 412. The Morgan fingerprint density at radius 3 is 2.21 bits per heavy atom. The second kappa shape index (κ2) is 6.31. The lowest BCUT2D eigenvalue weighted by Crippen LogP contribution is -3.00. The number of morpholine rings is 1. The van der Waals surface area contributed by atoms with E-state index in [4.69, 9.17) is 14.2 Å². The third kappa shape index (κ3) is 3.05. The van der Waals surface area contributed by atoms with E-state index in [-0.39, 0.29) is 30.5 Å². The van der Waals surface area contributed by atoms with E-state index >= 15 is 0 Å². The molecular weight excluding hydrogens is 272 g/mol. The minimum atomic E-state index is 0. The highest BCUT2D eigenvalue weighted by molar-refractivity contribution is 5.29. The number of ether oxygens (including phenoxy) is 3. The molecule has 19 heavy (non-hydrogen) atoms. The van der Waals surface area contributed by atoms with Crippen molar-refractivity contribution in [2.24, 2.45) is 0 Å². The van der Waals surface area contributed by atoms with Gasteiger partial charge in [0.05, 0.1) is 34.5 Å². The summed E-state index contributed by atoms with van der Waals surface area (Å²) < 4.78 is 16.2. The van der Waals surface area contributed by atoms with Crippen LogP contribution in [0.15, 0.2) is 0 Å². The number of aromatic nitrogens is 3. The van der Waals surface area contributed by atoms with Crippen LogP contribution in [0.4, 0.5) is 5.95 Å². The third-order valence-corrected chi connectivity index (χ3v) is 3.44. The molecule has 1 aromatic heterocycles. The minimum Gasteiger partial charge on any atom is -1.00 e. The van der Waals surface area contributed by atoms with Gasteiger partial charge in [-0.2, -0.15) is 0 Å². The normalized spacial score (nSPS) is 26.4. The first-order chi connectivity index (χ1) is 8.60. The maximum atomic E-state index is 5.46. The summed E-state index contributed by atoms with van der Waals surface area (Å²) in [5.41, 5.74) is 0. The molecule has 0 radical (unpaired) electrons. The van der Waals surface area contributed by atoms with E-state index in [9.17, 15) is 0 Å². The molecule has 1 fully saturated rings. The van der Waals surface area contributed by atoms with Crippen LogP contribution in [0.25, 0.3) is 0 Å². The van der Waals surface area contributed by atoms with Crippen LogP contribution in [0.1, 0.15) is 6.92 Å². The standard InChI is InChI=1S/C11H19N4O3.ClH/c1-8-7-18-6-5-15(8,2)9-12-10(16-3)14-11(13-9)17-4;/h8H,5-7H2,1-4H3;1H/q+1;/p-1. The first kappa shape index (κ1) is 15.9. The topological polar surface area (TPSA) is 66.4 Å². The zero-order valence-corrected chi connectivity index (χ0v) is 12.3. The summed E-state index contributed by atoms with van der Waals surface area (Å²) in [5.74, 6) is 0.648. The van der Waals surface area contributed by atoms with Gasteiger partial charge in [-0.15, -0.1) is 15.0 Å². The Morgan fingerprint density at radius 1 is 1.16 bits per heavy atom. The van der Waals surface area contributed by atoms with Crippen LogP contribution in [-0.4, -0.2) is 62.0 Å². The number of likely N-dealkylation sites (N-methyl/N-ethyl adjacent to an activating group) is 1. The summed E-state index contributed by atoms with van der Waals surface area (Å²) in [6.45, 7) is 4.31. The Labute approximate surface area is 118 Å². The van der Waals surface area contributed by atoms with Crippen molar-refractivity contribution in [1.29, 1.82) is 0 Å². The van der Waals surface area contributed by atoms with Gasteiger partial charge in [-0.3, -0.25) is 4.48 Å². The van der Waals surface area contributed by atoms with E-state index in [0.717, 1.165) is 6.54 Å². The molecule has 0 amide bonds. The number of quaternary nitrogens is 1. The SMILES string of the molecule is COc1nc(OC)nc([N+]2(C)CCOCC2C)n1.[Cl-]. The fourth-order valence-corrected chi connectivity index (χ4v) is 1.93. The quantitative estimate of drug-likeness (QED) is 0.562. The van der Waals surface area contributed by atoms with Crippen LogP contribution in [0, 0.1) is 0 Å². The molecule has 0 N–H and O–H groups in total. The lowest BCUT2D eigenvalue weighted by Gasteiger charge is -2.39. The van der Waals surface area contributed by atoms with Gasteiger partial charge in [-0.05, 0) is 6.92 Å². The highest BCUT2D eigenvalue weighted by Gasteiger charge is 2.39. The van der Waals surface area contributed by atoms with E-state index in [2.05, 4.69) is 28.9 Å². The van der Waals surface area contributed by atoms with Crippen molar-refractivity contribution in [3.05, 3.63) is 0 Å². The monoisotopic (exact) mass is 290 g/mol. The number of methoxy groups -OCH3 is 2. The molecule has 0 bridgehead atoms. The fraction of sp³-hybridized carbons (Fsp3) is 0.727. The zero-order chi connectivity index (χ0) is 13.2. The molecule has 1 aliphatic rings. The van der Waals surface area contributed by atoms with Gasteiger partial charge in [0, 0.05) is 0 Å². The number of nitrogens with zero attached hydrogens (tertiary/aromatic N) is 4. The lowest BCUT2D eigenvalue weighted by atomic mass is 10.2. The Morgan fingerprint density at radius 2 is 1.74 bits per heavy atom. The van der Waals surface area contributed by atoms with Gasteiger partial charge < -0.3 is 26.6 Å². The lowest BCUT2D eigenvalue weighted by molar-refractivity contribution is -0.00000754. The van der Waals surface area contributed by atoms with Crippen LogP contribution in [0.2, 0.25) is 0 Å². The summed E-state index contributed by atoms with van der Waals surface area (Å²) in [7, 11) is 5.14. The van der Waals surface area contributed by atoms with Crippen LogP contribution in [0.3, 0.4) is 0 Å². The van der Waals surface area contributed by atoms with Crippen LogP contribution >= 0.6 is 0 Å². The summed E-state index contributed by atoms with van der Waals surface area (Å²) in [6, 6.07) is 0.820. The number of hydrogen-bond acceptors (Lipinski definition) is 6. The first-order valence-corrected chi connectivity index (χ1v) is 5.87. The second-order valence-electron chi connectivity index (χ2n) is 4.52. The molecule has 2 unspecified atom stereocenters. The van der Waals surface area contributed by atoms with Crippen LogP contribution in [-0.2, 0) is 4.74 Å². The molecule has 1 saturated heterocycles. The molecule has 1 aliphatic heterocycles. The summed E-state index contributed by atoms with van der Waals surface area (Å²) in [6.07, 6.45) is 0. The van der Waals surface area contributed by atoms with E-state index < -0.39 is 0 Å². The summed E-state index contributed by atoms with van der Waals surface area (Å²) in [4.78, 5) is 12.7. The summed E-state index contributed by atoms with van der Waals surface area (Å²) >= 11 is 0. The van der Waals surface area contributed by atoms with Crippen molar-refractivity contribution >= 4 is 5.95 Å². The van der Waals surface area contributed by atoms with Gasteiger partial charge in [0.15, 0.2) is 0 Å². The Balaban J connectivity index is 0.00000180. The van der Waals surface area contributed by atoms with E-state index in [1.54, 1.807) is 0 Å². The molecule has 2 atom stereocenters. The molecule has 8 heteroatoms. The van der Waals surface area contributed by atoms with Crippen molar-refractivity contribution in [3.63, 3.8) is 0 Å². The predicted octanol–water partition coefficient (Wildman–Crippen LogP) is -2.75. The molecule has 2 heterocycles. The molecule has 2 rings (SSSR count). The largest absolute Gasteiger partial charge is 1.00 e. The molecule has 0 aromatic carbocycles. The van der Waals surface area contributed by atoms with Crippen molar-refractivity contribution in [1.82, 2.24) is 19.4 Å². The number of rotatable bonds is 3. The highest BCUT2D eigenvalue weighted by Crippen LogP contribution is 2.25. The van der Waals surface area contributed by atoms with E-state index in [1.165, 1.54) is 14.2 Å². The zero-order valence-electron chi connectivity index (χ0n) is 11.6. The fourth-order valence-electron chi connectivity index (χ4n) is 1.93. The van der Waals surface area contributed by atoms with Gasteiger partial charge >= 0.3 is 18.0 Å².